The molecule has 2 rings (SSSR count). The zero-order valence-corrected chi connectivity index (χ0v) is 14.5. The quantitative estimate of drug-likeness (QED) is 0.782. The molecular formula is C19H19F3N2O. The van der Waals surface area contributed by atoms with Gasteiger partial charge < -0.3 is 5.32 Å². The second-order valence-electron chi connectivity index (χ2n) is 5.12. The molecule has 0 saturated carbocycles. The minimum Gasteiger partial charge on any atom is -0.322 e. The summed E-state index contributed by atoms with van der Waals surface area (Å²) in [5, 5.41) is 11.2. The van der Waals surface area contributed by atoms with Crippen LogP contribution in [-0.2, 0) is 6.18 Å². The van der Waals surface area contributed by atoms with Gasteiger partial charge in [0.2, 0.25) is 0 Å². The maximum Gasteiger partial charge on any atom is 0.417 e. The average molecular weight is 348 g/mol. The van der Waals surface area contributed by atoms with Gasteiger partial charge in [0.05, 0.1) is 17.2 Å². The van der Waals surface area contributed by atoms with Gasteiger partial charge in [0, 0.05) is 11.3 Å². The summed E-state index contributed by atoms with van der Waals surface area (Å²) in [6.07, 6.45) is -4.66. The van der Waals surface area contributed by atoms with Gasteiger partial charge in [-0.15, -0.1) is 0 Å². The van der Waals surface area contributed by atoms with Gasteiger partial charge >= 0.3 is 6.18 Å². The van der Waals surface area contributed by atoms with Crippen LogP contribution in [0.25, 0.3) is 0 Å². The Balaban J connectivity index is 0.00000151. The maximum absolute atomic E-state index is 12.9. The van der Waals surface area contributed by atoms with Crippen LogP contribution in [0, 0.1) is 25.2 Å². The predicted octanol–water partition coefficient (Wildman–Crippen LogP) is 5.47. The minimum atomic E-state index is -4.66. The van der Waals surface area contributed by atoms with E-state index in [1.54, 1.807) is 18.2 Å². The molecule has 2 aromatic carbocycles. The van der Waals surface area contributed by atoms with Crippen molar-refractivity contribution in [1.82, 2.24) is 0 Å². The van der Waals surface area contributed by atoms with Crippen molar-refractivity contribution in [2.24, 2.45) is 0 Å². The van der Waals surface area contributed by atoms with Crippen molar-refractivity contribution in [2.45, 2.75) is 33.9 Å². The monoisotopic (exact) mass is 348 g/mol. The van der Waals surface area contributed by atoms with Gasteiger partial charge in [-0.2, -0.15) is 18.4 Å². The molecule has 1 N–H and O–H groups in total. The van der Waals surface area contributed by atoms with Crippen molar-refractivity contribution in [3.05, 3.63) is 64.2 Å². The van der Waals surface area contributed by atoms with Crippen LogP contribution in [0.5, 0.6) is 0 Å². The third kappa shape index (κ3) is 5.08. The summed E-state index contributed by atoms with van der Waals surface area (Å²) in [7, 11) is 0. The van der Waals surface area contributed by atoms with Crippen LogP contribution in [0.3, 0.4) is 0 Å². The lowest BCUT2D eigenvalue weighted by Crippen LogP contribution is -2.14. The van der Waals surface area contributed by atoms with Crippen LogP contribution >= 0.6 is 0 Å². The summed E-state index contributed by atoms with van der Waals surface area (Å²) < 4.78 is 38.7. The SMILES string of the molecule is CC.Cc1ccc(C(=O)Nc2ccc(C#N)c(C(F)(F)F)c2)cc1C. The highest BCUT2D eigenvalue weighted by Crippen LogP contribution is 2.33. The number of anilines is 1. The molecule has 0 unspecified atom stereocenters. The molecule has 0 fully saturated rings. The number of nitriles is 1. The van der Waals surface area contributed by atoms with E-state index in [2.05, 4.69) is 5.32 Å². The first-order chi connectivity index (χ1) is 11.7. The fourth-order valence-corrected chi connectivity index (χ4v) is 2.04. The lowest BCUT2D eigenvalue weighted by atomic mass is 10.0. The van der Waals surface area contributed by atoms with Crippen LogP contribution in [-0.4, -0.2) is 5.91 Å². The van der Waals surface area contributed by atoms with Crippen LogP contribution < -0.4 is 5.32 Å². The number of hydrogen-bond donors (Lipinski definition) is 1. The molecule has 0 atom stereocenters. The normalized spacial score (nSPS) is 10.3. The number of nitrogens with one attached hydrogen (secondary N) is 1. The van der Waals surface area contributed by atoms with E-state index in [1.807, 2.05) is 27.7 Å². The largest absolute Gasteiger partial charge is 0.417 e. The number of hydrogen-bond acceptors (Lipinski definition) is 2. The molecule has 3 nitrogen and oxygen atoms in total. The summed E-state index contributed by atoms with van der Waals surface area (Å²) >= 11 is 0. The second-order valence-corrected chi connectivity index (χ2v) is 5.12. The van der Waals surface area contributed by atoms with Crippen molar-refractivity contribution in [3.63, 3.8) is 0 Å². The zero-order chi connectivity index (χ0) is 19.2. The highest BCUT2D eigenvalue weighted by atomic mass is 19.4. The van der Waals surface area contributed by atoms with E-state index in [-0.39, 0.29) is 5.69 Å². The number of rotatable bonds is 2. The standard InChI is InChI=1S/C17H13F3N2O.C2H6/c1-10-3-4-12(7-11(10)2)16(23)22-14-6-5-13(9-21)15(8-14)17(18,19)20;1-2/h3-8H,1-2H3,(H,22,23);1-2H3. The molecule has 0 radical (unpaired) electrons. The van der Waals surface area contributed by atoms with E-state index in [9.17, 15) is 18.0 Å². The summed E-state index contributed by atoms with van der Waals surface area (Å²) in [5.41, 5.74) is 0.706. The number of benzene rings is 2. The minimum absolute atomic E-state index is 0.0143. The molecule has 0 bridgehead atoms. The smallest absolute Gasteiger partial charge is 0.322 e. The Morgan fingerprint density at radius 3 is 2.20 bits per heavy atom. The van der Waals surface area contributed by atoms with Gasteiger partial charge in [-0.25, -0.2) is 0 Å². The average Bonchev–Trinajstić information content (AvgIpc) is 2.58. The summed E-state index contributed by atoms with van der Waals surface area (Å²) in [4.78, 5) is 12.1. The lowest BCUT2D eigenvalue weighted by molar-refractivity contribution is -0.137. The van der Waals surface area contributed by atoms with E-state index in [4.69, 9.17) is 5.26 Å². The maximum atomic E-state index is 12.9. The topological polar surface area (TPSA) is 52.9 Å². The molecule has 0 aliphatic heterocycles. The summed E-state index contributed by atoms with van der Waals surface area (Å²) in [5.74, 6) is -0.508. The summed E-state index contributed by atoms with van der Waals surface area (Å²) in [6.45, 7) is 7.74. The van der Waals surface area contributed by atoms with Gasteiger partial charge in [-0.05, 0) is 55.3 Å². The number of nitrogens with zero attached hydrogens (tertiary/aromatic N) is 1. The second kappa shape index (κ2) is 8.34. The van der Waals surface area contributed by atoms with Crippen molar-refractivity contribution in [3.8, 4) is 6.07 Å². The molecule has 0 aromatic heterocycles. The highest BCUT2D eigenvalue weighted by Gasteiger charge is 2.34. The number of halogens is 3. The molecule has 6 heteroatoms. The predicted molar refractivity (Wildman–Crippen MR) is 91.4 cm³/mol. The van der Waals surface area contributed by atoms with Crippen LogP contribution in [0.15, 0.2) is 36.4 Å². The molecule has 132 valence electrons. The van der Waals surface area contributed by atoms with E-state index in [1.165, 1.54) is 12.1 Å². The van der Waals surface area contributed by atoms with Gasteiger partial charge in [0.1, 0.15) is 0 Å². The van der Waals surface area contributed by atoms with Crippen LogP contribution in [0.2, 0.25) is 0 Å². The molecule has 0 aliphatic carbocycles. The van der Waals surface area contributed by atoms with Gasteiger partial charge in [-0.1, -0.05) is 19.9 Å². The Morgan fingerprint density at radius 1 is 1.04 bits per heavy atom. The van der Waals surface area contributed by atoms with Crippen LogP contribution in [0.4, 0.5) is 18.9 Å². The molecule has 2 aromatic rings. The Kier molecular flexibility index (Phi) is 6.75. The van der Waals surface area contributed by atoms with E-state index < -0.39 is 23.2 Å². The molecule has 0 heterocycles. The lowest BCUT2D eigenvalue weighted by Gasteiger charge is -2.12. The molecule has 25 heavy (non-hydrogen) atoms. The molecule has 0 saturated heterocycles. The number of amides is 1. The first kappa shape index (κ1) is 20.2. The Hall–Kier alpha value is -2.81. The number of alkyl halides is 3. The number of carbonyl (C=O) groups is 1. The first-order valence-electron chi connectivity index (χ1n) is 7.72. The Labute approximate surface area is 145 Å². The number of aryl methyl sites for hydroxylation is 2. The van der Waals surface area contributed by atoms with Gasteiger partial charge in [0.15, 0.2) is 0 Å². The fourth-order valence-electron chi connectivity index (χ4n) is 2.04. The zero-order valence-electron chi connectivity index (χ0n) is 14.5. The third-order valence-electron chi connectivity index (χ3n) is 3.47. The van der Waals surface area contributed by atoms with Crippen molar-refractivity contribution < 1.29 is 18.0 Å². The van der Waals surface area contributed by atoms with E-state index in [0.717, 1.165) is 23.3 Å². The van der Waals surface area contributed by atoms with Crippen molar-refractivity contribution in [2.75, 3.05) is 5.32 Å². The summed E-state index contributed by atoms with van der Waals surface area (Å²) in [6, 6.07) is 9.60. The molecule has 0 spiro atoms. The first-order valence-corrected chi connectivity index (χ1v) is 7.72. The van der Waals surface area contributed by atoms with Gasteiger partial charge in [-0.3, -0.25) is 4.79 Å². The van der Waals surface area contributed by atoms with Crippen LogP contribution in [0.1, 0.15) is 46.5 Å². The molecular weight excluding hydrogens is 329 g/mol. The fraction of sp³-hybridized carbons (Fsp3) is 0.263. The van der Waals surface area contributed by atoms with E-state index in [0.29, 0.717) is 5.56 Å². The Bertz CT molecular complexity index is 805. The van der Waals surface area contributed by atoms with Crippen molar-refractivity contribution >= 4 is 11.6 Å². The molecule has 1 amide bonds. The highest BCUT2D eigenvalue weighted by molar-refractivity contribution is 6.04. The Morgan fingerprint density at radius 2 is 1.68 bits per heavy atom. The number of carbonyl (C=O) groups excluding carboxylic acids is 1. The third-order valence-corrected chi connectivity index (χ3v) is 3.47. The van der Waals surface area contributed by atoms with Gasteiger partial charge in [0.25, 0.3) is 5.91 Å². The van der Waals surface area contributed by atoms with Crippen molar-refractivity contribution in [1.29, 1.82) is 5.26 Å². The molecule has 0 aliphatic rings. The van der Waals surface area contributed by atoms with E-state index >= 15 is 0 Å².